The summed E-state index contributed by atoms with van der Waals surface area (Å²) in [6.45, 7) is 2.36. The fourth-order valence-corrected chi connectivity index (χ4v) is 5.20. The quantitative estimate of drug-likeness (QED) is 0.687. The zero-order chi connectivity index (χ0) is 21.1. The summed E-state index contributed by atoms with van der Waals surface area (Å²) in [6.07, 6.45) is 3.68. The smallest absolute Gasteiger partial charge is 0.244 e. The molecule has 1 atom stereocenters. The van der Waals surface area contributed by atoms with Gasteiger partial charge in [-0.25, -0.2) is 8.42 Å². The highest BCUT2D eigenvalue weighted by molar-refractivity contribution is 7.89. The molecule has 0 bridgehead atoms. The van der Waals surface area contributed by atoms with Gasteiger partial charge in [-0.3, -0.25) is 9.78 Å². The molecule has 0 radical (unpaired) electrons. The van der Waals surface area contributed by atoms with Crippen LogP contribution in [-0.2, 0) is 34.3 Å². The van der Waals surface area contributed by atoms with E-state index < -0.39 is 16.1 Å². The summed E-state index contributed by atoms with van der Waals surface area (Å²) in [5, 5.41) is 2.88. The molecule has 1 N–H and O–H groups in total. The Morgan fingerprint density at radius 1 is 1.07 bits per heavy atom. The van der Waals surface area contributed by atoms with Gasteiger partial charge < -0.3 is 5.32 Å². The summed E-state index contributed by atoms with van der Waals surface area (Å²) in [7, 11) is -3.84. The number of carbonyl (C=O) groups excluding carboxylic acids is 1. The van der Waals surface area contributed by atoms with Crippen LogP contribution in [0.15, 0.2) is 78.0 Å². The lowest BCUT2D eigenvalue weighted by Crippen LogP contribution is -2.52. The van der Waals surface area contributed by atoms with Crippen LogP contribution in [0.1, 0.15) is 22.3 Å². The molecule has 1 aliphatic rings. The zero-order valence-electron chi connectivity index (χ0n) is 16.7. The van der Waals surface area contributed by atoms with Gasteiger partial charge in [-0.2, -0.15) is 4.31 Å². The fraction of sp³-hybridized carbons (Fsp3) is 0.217. The number of rotatable bonds is 5. The number of fused-ring (bicyclic) bond motifs is 1. The highest BCUT2D eigenvalue weighted by atomic mass is 32.2. The topological polar surface area (TPSA) is 79.4 Å². The van der Waals surface area contributed by atoms with E-state index in [-0.39, 0.29) is 17.3 Å². The summed E-state index contributed by atoms with van der Waals surface area (Å²) in [5.74, 6) is -0.316. The van der Waals surface area contributed by atoms with E-state index in [1.165, 1.54) is 4.31 Å². The van der Waals surface area contributed by atoms with Crippen molar-refractivity contribution in [2.75, 3.05) is 0 Å². The third-order valence-electron chi connectivity index (χ3n) is 5.33. The van der Waals surface area contributed by atoms with E-state index in [2.05, 4.69) is 10.3 Å². The van der Waals surface area contributed by atoms with Crippen molar-refractivity contribution in [2.24, 2.45) is 0 Å². The molecular weight excluding hydrogens is 398 g/mol. The number of hydrogen-bond acceptors (Lipinski definition) is 4. The van der Waals surface area contributed by atoms with Crippen LogP contribution in [0.3, 0.4) is 0 Å². The number of benzene rings is 2. The largest absolute Gasteiger partial charge is 0.351 e. The van der Waals surface area contributed by atoms with E-state index in [0.717, 1.165) is 22.3 Å². The van der Waals surface area contributed by atoms with Crippen molar-refractivity contribution in [1.82, 2.24) is 14.6 Å². The predicted molar refractivity (Wildman–Crippen MR) is 114 cm³/mol. The minimum absolute atomic E-state index is 0.164. The van der Waals surface area contributed by atoms with Crippen LogP contribution in [0.25, 0.3) is 0 Å². The Kier molecular flexibility index (Phi) is 5.65. The predicted octanol–water partition coefficient (Wildman–Crippen LogP) is 2.82. The third-order valence-corrected chi connectivity index (χ3v) is 7.19. The van der Waals surface area contributed by atoms with Gasteiger partial charge >= 0.3 is 0 Å². The van der Waals surface area contributed by atoms with Crippen molar-refractivity contribution in [3.05, 3.63) is 95.3 Å². The first-order valence-electron chi connectivity index (χ1n) is 9.77. The number of amides is 1. The first kappa shape index (κ1) is 20.3. The molecule has 7 heteroatoms. The Hall–Kier alpha value is -3.03. The summed E-state index contributed by atoms with van der Waals surface area (Å²) in [5.41, 5.74) is 3.75. The lowest BCUT2D eigenvalue weighted by Gasteiger charge is -2.35. The van der Waals surface area contributed by atoms with Crippen LogP contribution in [0, 0.1) is 6.92 Å². The van der Waals surface area contributed by atoms with Gasteiger partial charge in [0.15, 0.2) is 0 Å². The molecule has 6 nitrogen and oxygen atoms in total. The SMILES string of the molecule is Cc1ccc(S(=O)(=O)N2Cc3ccccc3C[C@H]2C(=O)NCc2cccnc2)cc1. The van der Waals surface area contributed by atoms with Gasteiger partial charge in [0.2, 0.25) is 15.9 Å². The molecule has 0 aliphatic carbocycles. The minimum atomic E-state index is -3.84. The Morgan fingerprint density at radius 2 is 1.80 bits per heavy atom. The number of aromatic nitrogens is 1. The summed E-state index contributed by atoms with van der Waals surface area (Å²) >= 11 is 0. The van der Waals surface area contributed by atoms with Gasteiger partial charge in [-0.1, -0.05) is 48.0 Å². The molecule has 0 fully saturated rings. The van der Waals surface area contributed by atoms with Crippen molar-refractivity contribution in [3.63, 3.8) is 0 Å². The van der Waals surface area contributed by atoms with Crippen LogP contribution < -0.4 is 5.32 Å². The fourth-order valence-electron chi connectivity index (χ4n) is 3.63. The van der Waals surface area contributed by atoms with Crippen molar-refractivity contribution in [2.45, 2.75) is 37.4 Å². The van der Waals surface area contributed by atoms with E-state index >= 15 is 0 Å². The van der Waals surface area contributed by atoms with Gasteiger partial charge in [0.05, 0.1) is 4.90 Å². The monoisotopic (exact) mass is 421 g/mol. The average Bonchev–Trinajstić information content (AvgIpc) is 2.77. The molecule has 2 aromatic carbocycles. The van der Waals surface area contributed by atoms with Gasteiger partial charge in [0.25, 0.3) is 0 Å². The van der Waals surface area contributed by atoms with E-state index in [1.807, 2.05) is 37.3 Å². The number of nitrogens with one attached hydrogen (secondary N) is 1. The number of pyridine rings is 1. The molecule has 2 heterocycles. The first-order chi connectivity index (χ1) is 14.4. The van der Waals surface area contributed by atoms with Crippen molar-refractivity contribution in [1.29, 1.82) is 0 Å². The molecule has 0 saturated heterocycles. The van der Waals surface area contributed by atoms with E-state index in [4.69, 9.17) is 0 Å². The second-order valence-electron chi connectivity index (χ2n) is 7.43. The average molecular weight is 422 g/mol. The maximum atomic E-state index is 13.4. The first-order valence-corrected chi connectivity index (χ1v) is 11.2. The van der Waals surface area contributed by atoms with Crippen molar-refractivity contribution >= 4 is 15.9 Å². The summed E-state index contributed by atoms with van der Waals surface area (Å²) in [6, 6.07) is 17.2. The summed E-state index contributed by atoms with van der Waals surface area (Å²) < 4.78 is 28.2. The molecule has 30 heavy (non-hydrogen) atoms. The molecule has 0 saturated carbocycles. The Morgan fingerprint density at radius 3 is 2.50 bits per heavy atom. The minimum Gasteiger partial charge on any atom is -0.351 e. The van der Waals surface area contributed by atoms with Gasteiger partial charge in [0.1, 0.15) is 6.04 Å². The molecule has 3 aromatic rings. The lowest BCUT2D eigenvalue weighted by atomic mass is 9.95. The number of nitrogens with zero attached hydrogens (tertiary/aromatic N) is 2. The van der Waals surface area contributed by atoms with Crippen LogP contribution >= 0.6 is 0 Å². The van der Waals surface area contributed by atoms with E-state index in [0.29, 0.717) is 13.0 Å². The Bertz CT molecular complexity index is 1150. The Labute approximate surface area is 176 Å². The van der Waals surface area contributed by atoms with Crippen LogP contribution in [0.4, 0.5) is 0 Å². The Balaban J connectivity index is 1.65. The molecule has 0 spiro atoms. The molecule has 4 rings (SSSR count). The van der Waals surface area contributed by atoms with E-state index in [1.54, 1.807) is 42.7 Å². The third kappa shape index (κ3) is 4.13. The normalized spacial score (nSPS) is 16.6. The second-order valence-corrected chi connectivity index (χ2v) is 9.32. The lowest BCUT2D eigenvalue weighted by molar-refractivity contribution is -0.125. The highest BCUT2D eigenvalue weighted by Crippen LogP contribution is 2.29. The maximum Gasteiger partial charge on any atom is 0.244 e. The van der Waals surface area contributed by atoms with Crippen LogP contribution in [0.2, 0.25) is 0 Å². The molecular formula is C23H23N3O3S. The molecule has 0 unspecified atom stereocenters. The van der Waals surface area contributed by atoms with Gasteiger partial charge in [0, 0.05) is 25.5 Å². The van der Waals surface area contributed by atoms with Crippen LogP contribution in [0.5, 0.6) is 0 Å². The van der Waals surface area contributed by atoms with Crippen LogP contribution in [-0.4, -0.2) is 29.7 Å². The van der Waals surface area contributed by atoms with Gasteiger partial charge in [-0.05, 0) is 48.2 Å². The molecule has 1 aliphatic heterocycles. The van der Waals surface area contributed by atoms with Crippen molar-refractivity contribution < 1.29 is 13.2 Å². The standard InChI is InChI=1S/C23H23N3O3S/c1-17-8-10-21(11-9-17)30(28,29)26-16-20-7-3-2-6-19(20)13-22(26)23(27)25-15-18-5-4-12-24-14-18/h2-12,14,22H,13,15-16H2,1H3,(H,25,27)/t22-/m0/s1. The molecule has 1 aromatic heterocycles. The zero-order valence-corrected chi connectivity index (χ0v) is 17.5. The molecule has 1 amide bonds. The van der Waals surface area contributed by atoms with Gasteiger partial charge in [-0.15, -0.1) is 0 Å². The number of aryl methyl sites for hydroxylation is 1. The number of carbonyl (C=O) groups is 1. The number of hydrogen-bond donors (Lipinski definition) is 1. The second kappa shape index (κ2) is 8.38. The maximum absolute atomic E-state index is 13.4. The molecule has 154 valence electrons. The number of sulfonamides is 1. The van der Waals surface area contributed by atoms with Crippen molar-refractivity contribution in [3.8, 4) is 0 Å². The summed E-state index contributed by atoms with van der Waals surface area (Å²) in [4.78, 5) is 17.3. The van der Waals surface area contributed by atoms with E-state index in [9.17, 15) is 13.2 Å². The highest BCUT2D eigenvalue weighted by Gasteiger charge is 2.39.